The second kappa shape index (κ2) is 10.6. The lowest BCUT2D eigenvalue weighted by Gasteiger charge is -2.14. The fourth-order valence-electron chi connectivity index (χ4n) is 3.50. The zero-order chi connectivity index (χ0) is 24.8. The van der Waals surface area contributed by atoms with Crippen LogP contribution in [-0.4, -0.2) is 26.7 Å². The second-order valence-corrected chi connectivity index (χ2v) is 10.1. The molecule has 8 heteroatoms. The summed E-state index contributed by atoms with van der Waals surface area (Å²) in [5.41, 5.74) is 4.85. The van der Waals surface area contributed by atoms with E-state index in [2.05, 4.69) is 52.7 Å². The van der Waals surface area contributed by atoms with E-state index in [1.54, 1.807) is 24.4 Å². The monoisotopic (exact) mass is 487 g/mol. The molecule has 0 radical (unpaired) electrons. The Hall–Kier alpha value is -3.88. The van der Waals surface area contributed by atoms with Gasteiger partial charge in [-0.3, -0.25) is 5.14 Å². The largest absolute Gasteiger partial charge is 0.494 e. The van der Waals surface area contributed by atoms with Gasteiger partial charge in [0.1, 0.15) is 11.6 Å². The van der Waals surface area contributed by atoms with Crippen molar-refractivity contribution in [2.45, 2.75) is 25.3 Å². The van der Waals surface area contributed by atoms with E-state index in [1.165, 1.54) is 5.56 Å². The lowest BCUT2D eigenvalue weighted by molar-refractivity contribution is 0.340. The molecule has 0 amide bonds. The van der Waals surface area contributed by atoms with Gasteiger partial charge >= 0.3 is 0 Å². The Bertz CT molecular complexity index is 1400. The Morgan fingerprint density at radius 3 is 2.49 bits per heavy atom. The molecule has 180 valence electrons. The number of nitrogens with one attached hydrogen (secondary N) is 2. The van der Waals surface area contributed by atoms with E-state index in [1.807, 2.05) is 37.3 Å². The summed E-state index contributed by atoms with van der Waals surface area (Å²) in [6.45, 7) is 5.24. The van der Waals surface area contributed by atoms with E-state index in [0.717, 1.165) is 22.4 Å². The van der Waals surface area contributed by atoms with Gasteiger partial charge in [-0.1, -0.05) is 48.0 Å². The van der Waals surface area contributed by atoms with Crippen molar-refractivity contribution in [1.82, 2.24) is 9.97 Å². The normalized spacial score (nSPS) is 12.5. The third-order valence-electron chi connectivity index (χ3n) is 5.33. The summed E-state index contributed by atoms with van der Waals surface area (Å²) < 4.78 is 17.7. The molecular formula is C27H29N5O2S. The minimum absolute atomic E-state index is 0.399. The number of ether oxygens (including phenoxy) is 1. The summed E-state index contributed by atoms with van der Waals surface area (Å²) in [6, 6.07) is 23.2. The van der Waals surface area contributed by atoms with Crippen LogP contribution >= 0.6 is 0 Å². The van der Waals surface area contributed by atoms with Gasteiger partial charge in [0, 0.05) is 28.9 Å². The molecule has 0 aliphatic heterocycles. The van der Waals surface area contributed by atoms with Gasteiger partial charge in [-0.2, -0.15) is 4.98 Å². The molecular weight excluding hydrogens is 458 g/mol. The number of anilines is 3. The van der Waals surface area contributed by atoms with Crippen molar-refractivity contribution in [2.75, 3.05) is 17.2 Å². The Morgan fingerprint density at radius 1 is 1.06 bits per heavy atom. The molecule has 0 spiro atoms. The Kier molecular flexibility index (Phi) is 7.33. The Labute approximate surface area is 206 Å². The van der Waals surface area contributed by atoms with E-state index in [0.29, 0.717) is 35.5 Å². The molecule has 1 atom stereocenters. The fourth-order valence-corrected chi connectivity index (χ4v) is 4.13. The standard InChI is InChI=1S/C27H29N5O2S/c1-4-34-23-14-12-21(13-15-23)25-18-30-27(31-22-6-5-7-24(16-22)35(3,28)33)32-26(25)29-17-20-10-8-19(2)9-11-20/h5-16,18H,3-4,17H2,1-2H3,(H2,28,33)(H2,29,30,31,32). The maximum absolute atomic E-state index is 12.1. The van der Waals surface area contributed by atoms with Crippen molar-refractivity contribution in [3.05, 3.63) is 90.1 Å². The van der Waals surface area contributed by atoms with Crippen LogP contribution in [0.3, 0.4) is 0 Å². The molecule has 0 saturated heterocycles. The second-order valence-electron chi connectivity index (χ2n) is 8.13. The van der Waals surface area contributed by atoms with Crippen molar-refractivity contribution in [3.8, 4) is 16.9 Å². The fraction of sp³-hybridized carbons (Fsp3) is 0.148. The highest BCUT2D eigenvalue weighted by Crippen LogP contribution is 2.29. The van der Waals surface area contributed by atoms with Crippen LogP contribution in [-0.2, 0) is 16.3 Å². The highest BCUT2D eigenvalue weighted by molar-refractivity contribution is 7.98. The number of hydrogen-bond donors (Lipinski definition) is 3. The van der Waals surface area contributed by atoms with Gasteiger partial charge in [0.15, 0.2) is 0 Å². The predicted octanol–water partition coefficient (Wildman–Crippen LogP) is 5.16. The van der Waals surface area contributed by atoms with Crippen molar-refractivity contribution in [2.24, 2.45) is 5.14 Å². The zero-order valence-corrected chi connectivity index (χ0v) is 20.6. The molecule has 1 unspecified atom stereocenters. The summed E-state index contributed by atoms with van der Waals surface area (Å²) in [4.78, 5) is 9.71. The topological polar surface area (TPSA) is 102 Å². The number of nitrogens with zero attached hydrogens (tertiary/aromatic N) is 2. The van der Waals surface area contributed by atoms with Crippen molar-refractivity contribution in [1.29, 1.82) is 0 Å². The van der Waals surface area contributed by atoms with E-state index in [4.69, 9.17) is 14.9 Å². The highest BCUT2D eigenvalue weighted by atomic mass is 32.2. The number of benzene rings is 3. The third-order valence-corrected chi connectivity index (χ3v) is 6.39. The lowest BCUT2D eigenvalue weighted by Crippen LogP contribution is -2.12. The molecule has 4 N–H and O–H groups in total. The number of nitrogens with two attached hydrogens (primary N) is 1. The van der Waals surface area contributed by atoms with E-state index < -0.39 is 9.71 Å². The third kappa shape index (κ3) is 6.38. The Morgan fingerprint density at radius 2 is 1.80 bits per heavy atom. The highest BCUT2D eigenvalue weighted by Gasteiger charge is 2.11. The van der Waals surface area contributed by atoms with Crippen LogP contribution in [0.15, 0.2) is 83.9 Å². The average molecular weight is 488 g/mol. The lowest BCUT2D eigenvalue weighted by atomic mass is 10.1. The predicted molar refractivity (Wildman–Crippen MR) is 145 cm³/mol. The van der Waals surface area contributed by atoms with Crippen LogP contribution < -0.4 is 20.5 Å². The van der Waals surface area contributed by atoms with Crippen LogP contribution in [0.2, 0.25) is 0 Å². The van der Waals surface area contributed by atoms with Gasteiger partial charge in [-0.05, 0) is 61.2 Å². The first-order valence-corrected chi connectivity index (χ1v) is 13.0. The van der Waals surface area contributed by atoms with Crippen LogP contribution in [0.4, 0.5) is 17.5 Å². The first-order valence-electron chi connectivity index (χ1n) is 11.2. The molecule has 0 fully saturated rings. The molecule has 7 nitrogen and oxygen atoms in total. The van der Waals surface area contributed by atoms with E-state index in [-0.39, 0.29) is 0 Å². The van der Waals surface area contributed by atoms with Crippen LogP contribution in [0.5, 0.6) is 5.75 Å². The van der Waals surface area contributed by atoms with Crippen molar-refractivity contribution < 1.29 is 8.95 Å². The molecule has 0 aliphatic rings. The van der Waals surface area contributed by atoms with E-state index in [9.17, 15) is 4.21 Å². The van der Waals surface area contributed by atoms with Gasteiger partial charge < -0.3 is 15.4 Å². The van der Waals surface area contributed by atoms with Crippen LogP contribution in [0, 0.1) is 6.92 Å². The maximum atomic E-state index is 12.1. The Balaban J connectivity index is 1.65. The van der Waals surface area contributed by atoms with Gasteiger partial charge in [0.2, 0.25) is 5.95 Å². The molecule has 4 aromatic rings. The maximum Gasteiger partial charge on any atom is 0.229 e. The summed E-state index contributed by atoms with van der Waals surface area (Å²) in [5, 5.41) is 12.3. The average Bonchev–Trinajstić information content (AvgIpc) is 2.84. The first-order chi connectivity index (χ1) is 16.8. The minimum Gasteiger partial charge on any atom is -0.494 e. The molecule has 0 bridgehead atoms. The first kappa shape index (κ1) is 24.3. The number of aryl methyl sites for hydroxylation is 1. The summed E-state index contributed by atoms with van der Waals surface area (Å²) in [5.74, 6) is 5.45. The minimum atomic E-state index is -2.82. The van der Waals surface area contributed by atoms with Gasteiger partial charge in [-0.15, -0.1) is 0 Å². The summed E-state index contributed by atoms with van der Waals surface area (Å²) >= 11 is 0. The van der Waals surface area contributed by atoms with Gasteiger partial charge in [-0.25, -0.2) is 9.19 Å². The number of rotatable bonds is 9. The van der Waals surface area contributed by atoms with Crippen LogP contribution in [0.25, 0.3) is 11.1 Å². The summed E-state index contributed by atoms with van der Waals surface area (Å²) in [7, 11) is -2.82. The van der Waals surface area contributed by atoms with Crippen molar-refractivity contribution in [3.63, 3.8) is 0 Å². The number of hydrogen-bond acceptors (Lipinski definition) is 6. The molecule has 3 aromatic carbocycles. The smallest absolute Gasteiger partial charge is 0.229 e. The quantitative estimate of drug-likeness (QED) is 0.282. The molecule has 1 heterocycles. The van der Waals surface area contributed by atoms with Crippen molar-refractivity contribution >= 4 is 33.0 Å². The van der Waals surface area contributed by atoms with Crippen LogP contribution in [0.1, 0.15) is 18.1 Å². The van der Waals surface area contributed by atoms with Gasteiger partial charge in [0.05, 0.1) is 16.3 Å². The molecule has 0 saturated carbocycles. The molecule has 35 heavy (non-hydrogen) atoms. The molecule has 0 aliphatic carbocycles. The SMILES string of the molecule is C=S(N)(=O)c1cccc(Nc2ncc(-c3ccc(OCC)cc3)c(NCc3ccc(C)cc3)n2)c1. The molecule has 1 aromatic heterocycles. The van der Waals surface area contributed by atoms with E-state index >= 15 is 0 Å². The molecule has 4 rings (SSSR count). The zero-order valence-electron chi connectivity index (χ0n) is 19.8. The number of aromatic nitrogens is 2. The van der Waals surface area contributed by atoms with Gasteiger partial charge in [0.25, 0.3) is 0 Å². The summed E-state index contributed by atoms with van der Waals surface area (Å²) in [6.07, 6.45) is 1.78.